The van der Waals surface area contributed by atoms with Gasteiger partial charge in [-0.2, -0.15) is 0 Å². The summed E-state index contributed by atoms with van der Waals surface area (Å²) in [4.78, 5) is 6.54. The molecule has 1 aliphatic rings. The number of aromatic nitrogens is 1. The van der Waals surface area contributed by atoms with Gasteiger partial charge in [0.25, 0.3) is 0 Å². The van der Waals surface area contributed by atoms with Gasteiger partial charge >= 0.3 is 0 Å². The van der Waals surface area contributed by atoms with E-state index in [1.54, 1.807) is 6.20 Å². The largest absolute Gasteiger partial charge is 0.397 e. The zero-order chi connectivity index (χ0) is 11.5. The summed E-state index contributed by atoms with van der Waals surface area (Å²) in [5.74, 6) is 1.31. The molecule has 0 radical (unpaired) electrons. The van der Waals surface area contributed by atoms with Crippen molar-refractivity contribution in [2.75, 3.05) is 23.7 Å². The summed E-state index contributed by atoms with van der Waals surface area (Å²) in [6.45, 7) is 3.87. The van der Waals surface area contributed by atoms with E-state index < -0.39 is 0 Å². The maximum absolute atomic E-state index is 9.81. The topological polar surface area (TPSA) is 62.4 Å². The maximum Gasteiger partial charge on any atom is 0.128 e. The second-order valence-electron chi connectivity index (χ2n) is 4.42. The van der Waals surface area contributed by atoms with Crippen molar-refractivity contribution < 1.29 is 5.11 Å². The molecule has 2 heterocycles. The van der Waals surface area contributed by atoms with Crippen LogP contribution in [0.15, 0.2) is 18.3 Å². The lowest BCUT2D eigenvalue weighted by atomic mass is 9.92. The van der Waals surface area contributed by atoms with Crippen molar-refractivity contribution in [3.8, 4) is 0 Å². The molecule has 0 saturated carbocycles. The van der Waals surface area contributed by atoms with Crippen LogP contribution < -0.4 is 10.6 Å². The summed E-state index contributed by atoms with van der Waals surface area (Å²) in [5, 5.41) is 9.81. The minimum atomic E-state index is -0.157. The molecule has 88 valence electrons. The molecule has 0 aromatic carbocycles. The van der Waals surface area contributed by atoms with Gasteiger partial charge in [-0.1, -0.05) is 6.92 Å². The van der Waals surface area contributed by atoms with Gasteiger partial charge in [-0.3, -0.25) is 0 Å². The third-order valence-electron chi connectivity index (χ3n) is 3.31. The Morgan fingerprint density at radius 1 is 1.56 bits per heavy atom. The highest BCUT2D eigenvalue weighted by Crippen LogP contribution is 2.24. The minimum absolute atomic E-state index is 0.157. The molecule has 2 atom stereocenters. The lowest BCUT2D eigenvalue weighted by Crippen LogP contribution is -2.43. The molecular formula is C12H19N3O. The Hall–Kier alpha value is -1.29. The Kier molecular flexibility index (Phi) is 3.29. The Bertz CT molecular complexity index is 339. The lowest BCUT2D eigenvalue weighted by Gasteiger charge is -2.36. The molecule has 1 fully saturated rings. The van der Waals surface area contributed by atoms with Gasteiger partial charge in [0.05, 0.1) is 18.0 Å². The van der Waals surface area contributed by atoms with Crippen LogP contribution in [0.25, 0.3) is 0 Å². The van der Waals surface area contributed by atoms with Crippen LogP contribution in [0, 0.1) is 5.92 Å². The van der Waals surface area contributed by atoms with Crippen molar-refractivity contribution in [1.29, 1.82) is 0 Å². The minimum Gasteiger partial charge on any atom is -0.397 e. The molecule has 1 aromatic heterocycles. The summed E-state index contributed by atoms with van der Waals surface area (Å²) in [7, 11) is 0. The molecule has 3 N–H and O–H groups in total. The van der Waals surface area contributed by atoms with E-state index in [-0.39, 0.29) is 6.10 Å². The van der Waals surface area contributed by atoms with Crippen molar-refractivity contribution in [3.63, 3.8) is 0 Å². The molecule has 0 unspecified atom stereocenters. The molecule has 1 aromatic rings. The van der Waals surface area contributed by atoms with Crippen molar-refractivity contribution in [1.82, 2.24) is 4.98 Å². The highest BCUT2D eigenvalue weighted by molar-refractivity contribution is 5.46. The van der Waals surface area contributed by atoms with E-state index in [0.29, 0.717) is 11.6 Å². The molecule has 0 bridgehead atoms. The Morgan fingerprint density at radius 3 is 3.00 bits per heavy atom. The average Bonchev–Trinajstić information content (AvgIpc) is 2.31. The molecular weight excluding hydrogens is 202 g/mol. The molecule has 16 heavy (non-hydrogen) atoms. The van der Waals surface area contributed by atoms with E-state index in [1.807, 2.05) is 12.1 Å². The molecule has 2 rings (SSSR count). The Labute approximate surface area is 96.1 Å². The van der Waals surface area contributed by atoms with Gasteiger partial charge in [0.2, 0.25) is 0 Å². The van der Waals surface area contributed by atoms with Crippen LogP contribution in [0.3, 0.4) is 0 Å². The maximum atomic E-state index is 9.81. The average molecular weight is 221 g/mol. The third kappa shape index (κ3) is 2.27. The van der Waals surface area contributed by atoms with Gasteiger partial charge in [0, 0.05) is 19.0 Å². The number of pyridine rings is 1. The first-order chi connectivity index (χ1) is 7.70. The standard InChI is InChI=1S/C12H19N3O/c1-2-9-8-15(6-5-11(9)16)12-4-3-10(13)7-14-12/h3-4,7,9,11,16H,2,5-6,8,13H2,1H3/t9-,11-/m0/s1. The van der Waals surface area contributed by atoms with Crippen LogP contribution in [0.2, 0.25) is 0 Å². The van der Waals surface area contributed by atoms with Crippen molar-refractivity contribution >= 4 is 11.5 Å². The first kappa shape index (κ1) is 11.2. The normalized spacial score (nSPS) is 25.8. The third-order valence-corrected chi connectivity index (χ3v) is 3.31. The number of anilines is 2. The molecule has 0 aliphatic carbocycles. The van der Waals surface area contributed by atoms with Crippen LogP contribution >= 0.6 is 0 Å². The number of piperidine rings is 1. The molecule has 0 amide bonds. The number of hydrogen-bond acceptors (Lipinski definition) is 4. The molecule has 1 aliphatic heterocycles. The van der Waals surface area contributed by atoms with Gasteiger partial charge in [0.15, 0.2) is 0 Å². The molecule has 0 spiro atoms. The van der Waals surface area contributed by atoms with Gasteiger partial charge in [-0.25, -0.2) is 4.98 Å². The van der Waals surface area contributed by atoms with E-state index in [0.717, 1.165) is 31.7 Å². The van der Waals surface area contributed by atoms with Crippen molar-refractivity contribution in [2.24, 2.45) is 5.92 Å². The van der Waals surface area contributed by atoms with E-state index in [4.69, 9.17) is 5.73 Å². The second kappa shape index (κ2) is 4.70. The number of aliphatic hydroxyl groups is 1. The quantitative estimate of drug-likeness (QED) is 0.789. The zero-order valence-corrected chi connectivity index (χ0v) is 9.63. The second-order valence-corrected chi connectivity index (χ2v) is 4.42. The van der Waals surface area contributed by atoms with E-state index in [9.17, 15) is 5.11 Å². The first-order valence-corrected chi connectivity index (χ1v) is 5.85. The monoisotopic (exact) mass is 221 g/mol. The van der Waals surface area contributed by atoms with Gasteiger partial charge in [-0.05, 0) is 25.0 Å². The number of nitrogens with two attached hydrogens (primary N) is 1. The Balaban J connectivity index is 2.08. The highest BCUT2D eigenvalue weighted by Gasteiger charge is 2.26. The number of rotatable bonds is 2. The molecule has 4 heteroatoms. The summed E-state index contributed by atoms with van der Waals surface area (Å²) in [5.41, 5.74) is 6.30. The fourth-order valence-corrected chi connectivity index (χ4v) is 2.21. The van der Waals surface area contributed by atoms with E-state index in [2.05, 4.69) is 16.8 Å². The summed E-state index contributed by atoms with van der Waals surface area (Å²) >= 11 is 0. The molecule has 1 saturated heterocycles. The van der Waals surface area contributed by atoms with Crippen LogP contribution in [0.1, 0.15) is 19.8 Å². The first-order valence-electron chi connectivity index (χ1n) is 5.85. The lowest BCUT2D eigenvalue weighted by molar-refractivity contribution is 0.0858. The zero-order valence-electron chi connectivity index (χ0n) is 9.63. The number of nitrogens with zero attached hydrogens (tertiary/aromatic N) is 2. The van der Waals surface area contributed by atoms with Gasteiger partial charge in [0.1, 0.15) is 5.82 Å². The van der Waals surface area contributed by atoms with Crippen molar-refractivity contribution in [2.45, 2.75) is 25.9 Å². The van der Waals surface area contributed by atoms with E-state index >= 15 is 0 Å². The summed E-state index contributed by atoms with van der Waals surface area (Å²) in [6, 6.07) is 3.81. The number of hydrogen-bond donors (Lipinski definition) is 2. The van der Waals surface area contributed by atoms with Gasteiger partial charge in [-0.15, -0.1) is 0 Å². The van der Waals surface area contributed by atoms with Crippen molar-refractivity contribution in [3.05, 3.63) is 18.3 Å². The van der Waals surface area contributed by atoms with Gasteiger partial charge < -0.3 is 15.7 Å². The predicted octanol–water partition coefficient (Wildman–Crippen LogP) is 1.26. The Morgan fingerprint density at radius 2 is 2.38 bits per heavy atom. The predicted molar refractivity (Wildman–Crippen MR) is 65.3 cm³/mol. The summed E-state index contributed by atoms with van der Waals surface area (Å²) < 4.78 is 0. The SMILES string of the molecule is CC[C@H]1CN(c2ccc(N)cn2)CC[C@@H]1O. The highest BCUT2D eigenvalue weighted by atomic mass is 16.3. The fourth-order valence-electron chi connectivity index (χ4n) is 2.21. The van der Waals surface area contributed by atoms with Crippen LogP contribution in [-0.4, -0.2) is 29.3 Å². The fraction of sp³-hybridized carbons (Fsp3) is 0.583. The molecule has 4 nitrogen and oxygen atoms in total. The van der Waals surface area contributed by atoms with Crippen LogP contribution in [-0.2, 0) is 0 Å². The van der Waals surface area contributed by atoms with Crippen LogP contribution in [0.5, 0.6) is 0 Å². The number of aliphatic hydroxyl groups excluding tert-OH is 1. The van der Waals surface area contributed by atoms with Crippen LogP contribution in [0.4, 0.5) is 11.5 Å². The number of nitrogen functional groups attached to an aromatic ring is 1. The smallest absolute Gasteiger partial charge is 0.128 e. The van der Waals surface area contributed by atoms with E-state index in [1.165, 1.54) is 0 Å². The summed E-state index contributed by atoms with van der Waals surface area (Å²) in [6.07, 6.45) is 3.36.